The molecule has 1 aromatic heterocycles. The third kappa shape index (κ3) is 5.72. The minimum absolute atomic E-state index is 0. The Hall–Kier alpha value is -2.03. The quantitative estimate of drug-likeness (QED) is 0.698. The van der Waals surface area contributed by atoms with Crippen LogP contribution in [0, 0.1) is 11.6 Å². The van der Waals surface area contributed by atoms with Crippen molar-refractivity contribution in [1.29, 1.82) is 0 Å². The van der Waals surface area contributed by atoms with E-state index in [-0.39, 0.29) is 18.3 Å². The number of aromatic nitrogens is 2. The molecule has 0 atom stereocenters. The molecule has 0 aliphatic carbocycles. The Morgan fingerprint density at radius 3 is 2.56 bits per heavy atom. The minimum atomic E-state index is -0.902. The van der Waals surface area contributed by atoms with E-state index in [0.717, 1.165) is 50.6 Å². The smallest absolute Gasteiger partial charge is 0.219 e. The van der Waals surface area contributed by atoms with Crippen LogP contribution >= 0.6 is 12.4 Å². The Morgan fingerprint density at radius 1 is 1.15 bits per heavy atom. The highest BCUT2D eigenvalue weighted by Crippen LogP contribution is 2.13. The van der Waals surface area contributed by atoms with Gasteiger partial charge in [0, 0.05) is 51.9 Å². The third-order valence-electron chi connectivity index (χ3n) is 4.43. The third-order valence-corrected chi connectivity index (χ3v) is 4.43. The van der Waals surface area contributed by atoms with Gasteiger partial charge in [0.15, 0.2) is 11.6 Å². The van der Waals surface area contributed by atoms with Crippen molar-refractivity contribution in [2.45, 2.75) is 13.5 Å². The first-order valence-electron chi connectivity index (χ1n) is 8.58. The number of piperazine rings is 1. The molecule has 1 aliphatic rings. The SMILES string of the molecule is CC(=O)N1CCN(CCOCc2ccn(-c3ccc(F)c(F)c3)n2)CC1.Cl. The van der Waals surface area contributed by atoms with Gasteiger partial charge in [0.05, 0.1) is 24.6 Å². The van der Waals surface area contributed by atoms with Crippen LogP contribution in [-0.2, 0) is 16.1 Å². The molecule has 6 nitrogen and oxygen atoms in total. The number of hydrogen-bond donors (Lipinski definition) is 0. The topological polar surface area (TPSA) is 50.6 Å². The number of halogens is 3. The van der Waals surface area contributed by atoms with Crippen molar-refractivity contribution in [1.82, 2.24) is 19.6 Å². The largest absolute Gasteiger partial charge is 0.374 e. The van der Waals surface area contributed by atoms with Gasteiger partial charge in [-0.1, -0.05) is 0 Å². The summed E-state index contributed by atoms with van der Waals surface area (Å²) in [7, 11) is 0. The molecule has 2 heterocycles. The van der Waals surface area contributed by atoms with Gasteiger partial charge in [-0.3, -0.25) is 9.69 Å². The van der Waals surface area contributed by atoms with E-state index in [2.05, 4.69) is 10.00 Å². The standard InChI is InChI=1S/C18H22F2N4O2.ClH/c1-14(25)23-8-6-22(7-9-23)10-11-26-13-15-4-5-24(21-15)16-2-3-17(19)18(20)12-16;/h2-5,12H,6-11,13H2,1H3;1H. The number of ether oxygens (including phenoxy) is 1. The lowest BCUT2D eigenvalue weighted by Crippen LogP contribution is -2.48. The summed E-state index contributed by atoms with van der Waals surface area (Å²) in [6.45, 7) is 6.54. The predicted molar refractivity (Wildman–Crippen MR) is 99.1 cm³/mol. The molecule has 0 radical (unpaired) electrons. The van der Waals surface area contributed by atoms with Crippen LogP contribution in [0.15, 0.2) is 30.5 Å². The average Bonchev–Trinajstić information content (AvgIpc) is 3.10. The molecule has 1 fully saturated rings. The van der Waals surface area contributed by atoms with Gasteiger partial charge in [0.25, 0.3) is 0 Å². The lowest BCUT2D eigenvalue weighted by Gasteiger charge is -2.34. The lowest BCUT2D eigenvalue weighted by atomic mass is 10.3. The first-order chi connectivity index (χ1) is 12.5. The molecule has 0 bridgehead atoms. The fraction of sp³-hybridized carbons (Fsp3) is 0.444. The van der Waals surface area contributed by atoms with E-state index in [1.807, 2.05) is 4.90 Å². The molecule has 0 spiro atoms. The van der Waals surface area contributed by atoms with E-state index in [1.165, 1.54) is 10.7 Å². The molecule has 9 heteroatoms. The number of carbonyl (C=O) groups is 1. The normalized spacial score (nSPS) is 14.9. The summed E-state index contributed by atoms with van der Waals surface area (Å²) in [5.41, 5.74) is 1.18. The van der Waals surface area contributed by atoms with Crippen LogP contribution in [0.25, 0.3) is 5.69 Å². The van der Waals surface area contributed by atoms with Crippen molar-refractivity contribution in [2.75, 3.05) is 39.3 Å². The molecule has 1 amide bonds. The van der Waals surface area contributed by atoms with Gasteiger partial charge in [0.1, 0.15) is 0 Å². The second-order valence-corrected chi connectivity index (χ2v) is 6.25. The zero-order chi connectivity index (χ0) is 18.5. The van der Waals surface area contributed by atoms with Crippen LogP contribution in [0.2, 0.25) is 0 Å². The molecule has 1 aliphatic heterocycles. The van der Waals surface area contributed by atoms with E-state index < -0.39 is 11.6 Å². The van der Waals surface area contributed by atoms with E-state index in [1.54, 1.807) is 19.2 Å². The molecule has 148 valence electrons. The summed E-state index contributed by atoms with van der Waals surface area (Å²) in [6.07, 6.45) is 1.69. The number of rotatable bonds is 6. The molecule has 0 N–H and O–H groups in total. The molecule has 3 rings (SSSR count). The van der Waals surface area contributed by atoms with Crippen molar-refractivity contribution in [3.05, 3.63) is 47.8 Å². The highest BCUT2D eigenvalue weighted by Gasteiger charge is 2.17. The van der Waals surface area contributed by atoms with Crippen LogP contribution in [-0.4, -0.2) is 64.8 Å². The maximum Gasteiger partial charge on any atom is 0.219 e. The molecule has 2 aromatic rings. The van der Waals surface area contributed by atoms with Gasteiger partial charge in [-0.2, -0.15) is 5.10 Å². The number of benzene rings is 1. The van der Waals surface area contributed by atoms with Crippen molar-refractivity contribution in [2.24, 2.45) is 0 Å². The fourth-order valence-corrected chi connectivity index (χ4v) is 2.87. The number of carbonyl (C=O) groups excluding carboxylic acids is 1. The molecule has 0 unspecified atom stereocenters. The number of nitrogens with zero attached hydrogens (tertiary/aromatic N) is 4. The minimum Gasteiger partial charge on any atom is -0.374 e. The summed E-state index contributed by atoms with van der Waals surface area (Å²) in [5, 5.41) is 4.31. The molecular formula is C18H23ClF2N4O2. The number of amides is 1. The van der Waals surface area contributed by atoms with Crippen molar-refractivity contribution in [3.8, 4) is 5.69 Å². The van der Waals surface area contributed by atoms with Gasteiger partial charge in [-0.25, -0.2) is 13.5 Å². The van der Waals surface area contributed by atoms with Crippen molar-refractivity contribution >= 4 is 18.3 Å². The lowest BCUT2D eigenvalue weighted by molar-refractivity contribution is -0.130. The Labute approximate surface area is 163 Å². The zero-order valence-corrected chi connectivity index (χ0v) is 15.9. The first-order valence-corrected chi connectivity index (χ1v) is 8.58. The van der Waals surface area contributed by atoms with Gasteiger partial charge < -0.3 is 9.64 Å². The second kappa shape index (κ2) is 9.77. The summed E-state index contributed by atoms with van der Waals surface area (Å²) in [5.74, 6) is -1.66. The molecular weight excluding hydrogens is 378 g/mol. The van der Waals surface area contributed by atoms with Crippen LogP contribution in [0.5, 0.6) is 0 Å². The van der Waals surface area contributed by atoms with Crippen LogP contribution in [0.4, 0.5) is 8.78 Å². The summed E-state index contributed by atoms with van der Waals surface area (Å²) >= 11 is 0. The maximum absolute atomic E-state index is 13.3. The fourth-order valence-electron chi connectivity index (χ4n) is 2.87. The highest BCUT2D eigenvalue weighted by atomic mass is 35.5. The Bertz CT molecular complexity index is 764. The summed E-state index contributed by atoms with van der Waals surface area (Å²) < 4.78 is 33.4. The van der Waals surface area contributed by atoms with E-state index >= 15 is 0 Å². The van der Waals surface area contributed by atoms with Gasteiger partial charge in [0.2, 0.25) is 5.91 Å². The molecule has 1 saturated heterocycles. The van der Waals surface area contributed by atoms with Crippen molar-refractivity contribution < 1.29 is 18.3 Å². The highest BCUT2D eigenvalue weighted by molar-refractivity contribution is 5.85. The average molecular weight is 401 g/mol. The van der Waals surface area contributed by atoms with Crippen LogP contribution in [0.3, 0.4) is 0 Å². The maximum atomic E-state index is 13.3. The van der Waals surface area contributed by atoms with Crippen molar-refractivity contribution in [3.63, 3.8) is 0 Å². The predicted octanol–water partition coefficient (Wildman–Crippen LogP) is 2.25. The van der Waals surface area contributed by atoms with E-state index in [4.69, 9.17) is 4.74 Å². The first kappa shape index (κ1) is 21.3. The van der Waals surface area contributed by atoms with E-state index in [0.29, 0.717) is 18.9 Å². The van der Waals surface area contributed by atoms with Gasteiger partial charge in [-0.15, -0.1) is 12.4 Å². The van der Waals surface area contributed by atoms with Crippen LogP contribution in [0.1, 0.15) is 12.6 Å². The monoisotopic (exact) mass is 400 g/mol. The Morgan fingerprint density at radius 2 is 1.89 bits per heavy atom. The van der Waals surface area contributed by atoms with Gasteiger partial charge >= 0.3 is 0 Å². The van der Waals surface area contributed by atoms with E-state index in [9.17, 15) is 13.6 Å². The Kier molecular flexibility index (Phi) is 7.70. The second-order valence-electron chi connectivity index (χ2n) is 6.25. The summed E-state index contributed by atoms with van der Waals surface area (Å²) in [6, 6.07) is 5.44. The Balaban J connectivity index is 0.00000261. The number of hydrogen-bond acceptors (Lipinski definition) is 4. The van der Waals surface area contributed by atoms with Gasteiger partial charge in [-0.05, 0) is 18.2 Å². The zero-order valence-electron chi connectivity index (χ0n) is 15.1. The summed E-state index contributed by atoms with van der Waals surface area (Å²) in [4.78, 5) is 15.4. The molecule has 0 saturated carbocycles. The molecule has 27 heavy (non-hydrogen) atoms. The molecule has 1 aromatic carbocycles. The van der Waals surface area contributed by atoms with Crippen LogP contribution < -0.4 is 0 Å².